The largest absolute Gasteiger partial charge is 0.480 e. The predicted molar refractivity (Wildman–Crippen MR) is 120 cm³/mol. The number of hydrogen-bond donors (Lipinski definition) is 1. The maximum Gasteiger partial charge on any atom is 0.326 e. The van der Waals surface area contributed by atoms with Gasteiger partial charge in [0, 0.05) is 12.7 Å². The molecule has 0 bridgehead atoms. The summed E-state index contributed by atoms with van der Waals surface area (Å²) in [6.45, 7) is 2.15. The molecular formula is C24H30NO5P. The minimum Gasteiger partial charge on any atom is -0.480 e. The summed E-state index contributed by atoms with van der Waals surface area (Å²) in [5.41, 5.74) is 1.14. The van der Waals surface area contributed by atoms with Crippen LogP contribution in [0.5, 0.6) is 0 Å². The summed E-state index contributed by atoms with van der Waals surface area (Å²) in [5.74, 6) is -1.40. The van der Waals surface area contributed by atoms with Crippen LogP contribution in [0.4, 0.5) is 0 Å². The summed E-state index contributed by atoms with van der Waals surface area (Å²) in [5, 5.41) is 9.44. The van der Waals surface area contributed by atoms with Gasteiger partial charge in [-0.15, -0.1) is 0 Å². The van der Waals surface area contributed by atoms with E-state index in [2.05, 4.69) is 0 Å². The van der Waals surface area contributed by atoms with Crippen molar-refractivity contribution in [2.45, 2.75) is 50.9 Å². The lowest BCUT2D eigenvalue weighted by atomic mass is 10.1. The number of hydrogen-bond acceptors (Lipinski definition) is 4. The molecule has 1 amide bonds. The van der Waals surface area contributed by atoms with E-state index >= 15 is 0 Å². The second-order valence-corrected chi connectivity index (χ2v) is 10.9. The molecule has 0 saturated carbocycles. The zero-order chi connectivity index (χ0) is 22.3. The van der Waals surface area contributed by atoms with Gasteiger partial charge in [0.1, 0.15) is 11.7 Å². The van der Waals surface area contributed by atoms with E-state index in [1.54, 1.807) is 6.92 Å². The quantitative estimate of drug-likeness (QED) is 0.544. The molecule has 1 saturated heterocycles. The first kappa shape index (κ1) is 23.2. The fraction of sp³-hybridized carbons (Fsp3) is 0.417. The number of nitrogens with zero attached hydrogens (tertiary/aromatic N) is 1. The maximum absolute atomic E-state index is 13.9. The minimum atomic E-state index is -3.36. The third kappa shape index (κ3) is 6.05. The highest BCUT2D eigenvalue weighted by atomic mass is 31.2. The first-order chi connectivity index (χ1) is 14.9. The molecule has 0 aromatic heterocycles. The van der Waals surface area contributed by atoms with Crippen molar-refractivity contribution in [1.29, 1.82) is 0 Å². The maximum atomic E-state index is 13.9. The molecule has 1 aliphatic heterocycles. The third-order valence-corrected chi connectivity index (χ3v) is 8.75. The Hall–Kier alpha value is -2.43. The van der Waals surface area contributed by atoms with Crippen LogP contribution in [0.25, 0.3) is 0 Å². The molecule has 1 fully saturated rings. The number of carbonyl (C=O) groups excluding carboxylic acids is 1. The number of benzene rings is 2. The number of carbonyl (C=O) groups is 2. The second-order valence-electron chi connectivity index (χ2n) is 8.00. The number of amides is 1. The molecule has 166 valence electrons. The average molecular weight is 443 g/mol. The van der Waals surface area contributed by atoms with Gasteiger partial charge in [0.15, 0.2) is 0 Å². The van der Waals surface area contributed by atoms with E-state index in [9.17, 15) is 19.3 Å². The molecule has 31 heavy (non-hydrogen) atoms. The summed E-state index contributed by atoms with van der Waals surface area (Å²) in [6.07, 6.45) is 2.70. The van der Waals surface area contributed by atoms with Gasteiger partial charge in [0.2, 0.25) is 13.3 Å². The Labute approximate surface area is 183 Å². The highest BCUT2D eigenvalue weighted by molar-refractivity contribution is 7.60. The van der Waals surface area contributed by atoms with Gasteiger partial charge in [-0.3, -0.25) is 9.36 Å². The number of aryl methyl sites for hydroxylation is 1. The highest BCUT2D eigenvalue weighted by Crippen LogP contribution is 2.54. The lowest BCUT2D eigenvalue weighted by Gasteiger charge is -2.30. The molecular weight excluding hydrogens is 413 g/mol. The first-order valence-electron chi connectivity index (χ1n) is 10.7. The highest BCUT2D eigenvalue weighted by Gasteiger charge is 2.42. The molecule has 2 aromatic rings. The van der Waals surface area contributed by atoms with E-state index in [4.69, 9.17) is 4.52 Å². The lowest BCUT2D eigenvalue weighted by molar-refractivity contribution is -0.148. The van der Waals surface area contributed by atoms with Crippen molar-refractivity contribution in [3.63, 3.8) is 0 Å². The number of likely N-dealkylation sites (tertiary alicyclic amines) is 1. The lowest BCUT2D eigenvalue weighted by Crippen LogP contribution is -2.44. The topological polar surface area (TPSA) is 83.9 Å². The molecule has 7 heteroatoms. The first-order valence-corrected chi connectivity index (χ1v) is 12.6. The van der Waals surface area contributed by atoms with Gasteiger partial charge >= 0.3 is 5.97 Å². The van der Waals surface area contributed by atoms with E-state index in [0.717, 1.165) is 17.5 Å². The minimum absolute atomic E-state index is 0.156. The normalized spacial score (nSPS) is 19.0. The number of aliphatic carboxylic acids is 1. The van der Waals surface area contributed by atoms with Crippen LogP contribution < -0.4 is 0 Å². The number of carboxylic acids is 1. The van der Waals surface area contributed by atoms with Crippen molar-refractivity contribution in [2.75, 3.05) is 12.7 Å². The fourth-order valence-electron chi connectivity index (χ4n) is 3.97. The Morgan fingerprint density at radius 3 is 2.32 bits per heavy atom. The van der Waals surface area contributed by atoms with E-state index in [0.29, 0.717) is 25.8 Å². The van der Waals surface area contributed by atoms with Gasteiger partial charge in [0.05, 0.1) is 6.61 Å². The Balaban J connectivity index is 1.73. The number of rotatable bonds is 10. The molecule has 3 rings (SSSR count). The van der Waals surface area contributed by atoms with E-state index < -0.39 is 25.0 Å². The van der Waals surface area contributed by atoms with Crippen LogP contribution in [0.15, 0.2) is 60.7 Å². The second kappa shape index (κ2) is 10.7. The smallest absolute Gasteiger partial charge is 0.326 e. The van der Waals surface area contributed by atoms with E-state index in [1.165, 1.54) is 4.90 Å². The molecule has 0 spiro atoms. The van der Waals surface area contributed by atoms with Gasteiger partial charge in [-0.25, -0.2) is 4.79 Å². The molecule has 1 aliphatic rings. The Morgan fingerprint density at radius 1 is 1.10 bits per heavy atom. The third-order valence-electron chi connectivity index (χ3n) is 5.84. The van der Waals surface area contributed by atoms with E-state index in [-0.39, 0.29) is 18.7 Å². The fourth-order valence-corrected chi connectivity index (χ4v) is 6.16. The molecule has 2 aromatic carbocycles. The Kier molecular flexibility index (Phi) is 8.05. The SMILES string of the molecule is CC(C(=O)N1CCC[C@H]1C(=O)O)P(=O)(CCCc1ccccc1)OCc1ccccc1. The average Bonchev–Trinajstić information content (AvgIpc) is 3.28. The van der Waals surface area contributed by atoms with E-state index in [1.807, 2.05) is 60.7 Å². The number of carboxylic acid groups (broad SMARTS) is 1. The molecule has 2 unspecified atom stereocenters. The Morgan fingerprint density at radius 2 is 1.71 bits per heavy atom. The molecule has 0 aliphatic carbocycles. The molecule has 1 N–H and O–H groups in total. The molecule has 0 radical (unpaired) electrons. The monoisotopic (exact) mass is 443 g/mol. The predicted octanol–water partition coefficient (Wildman–Crippen LogP) is 4.58. The Bertz CT molecular complexity index is 918. The van der Waals surface area contributed by atoms with Gasteiger partial charge in [-0.1, -0.05) is 60.7 Å². The van der Waals surface area contributed by atoms with Gasteiger partial charge in [-0.05, 0) is 43.7 Å². The standard InChI is InChI=1S/C24H30NO5P/c1-19(23(26)25-16-8-15-22(25)24(27)28)31(29,30-18-21-12-6-3-7-13-21)17-9-14-20-10-4-2-5-11-20/h2-7,10-13,19,22H,8-9,14-18H2,1H3,(H,27,28)/t19?,22-,31?/m0/s1. The summed E-state index contributed by atoms with van der Waals surface area (Å²) < 4.78 is 19.9. The van der Waals surface area contributed by atoms with Crippen molar-refractivity contribution in [3.8, 4) is 0 Å². The van der Waals surface area contributed by atoms with Crippen LogP contribution >= 0.6 is 7.37 Å². The van der Waals surface area contributed by atoms with Gasteiger partial charge in [-0.2, -0.15) is 0 Å². The van der Waals surface area contributed by atoms with Crippen LogP contribution in [-0.2, 0) is 31.7 Å². The van der Waals surface area contributed by atoms with Crippen LogP contribution in [0.1, 0.15) is 37.3 Å². The van der Waals surface area contributed by atoms with Crippen LogP contribution in [-0.4, -0.2) is 46.3 Å². The summed E-state index contributed by atoms with van der Waals surface area (Å²) in [6, 6.07) is 18.5. The molecule has 3 atom stereocenters. The van der Waals surface area contributed by atoms with Crippen molar-refractivity contribution in [3.05, 3.63) is 71.8 Å². The van der Waals surface area contributed by atoms with Crippen molar-refractivity contribution >= 4 is 19.2 Å². The van der Waals surface area contributed by atoms with Gasteiger partial charge in [0.25, 0.3) is 0 Å². The van der Waals surface area contributed by atoms with Crippen LogP contribution in [0, 0.1) is 0 Å². The van der Waals surface area contributed by atoms with Crippen LogP contribution in [0.2, 0.25) is 0 Å². The summed E-state index contributed by atoms with van der Waals surface area (Å²) in [7, 11) is -3.36. The van der Waals surface area contributed by atoms with Crippen molar-refractivity contribution in [1.82, 2.24) is 4.90 Å². The molecule has 1 heterocycles. The van der Waals surface area contributed by atoms with Gasteiger partial charge < -0.3 is 14.5 Å². The van der Waals surface area contributed by atoms with Crippen molar-refractivity contribution < 1.29 is 23.8 Å². The zero-order valence-corrected chi connectivity index (χ0v) is 18.7. The summed E-state index contributed by atoms with van der Waals surface area (Å²) >= 11 is 0. The van der Waals surface area contributed by atoms with Crippen molar-refractivity contribution in [2.24, 2.45) is 0 Å². The van der Waals surface area contributed by atoms with Crippen LogP contribution in [0.3, 0.4) is 0 Å². The molecule has 6 nitrogen and oxygen atoms in total. The summed E-state index contributed by atoms with van der Waals surface area (Å²) in [4.78, 5) is 26.1. The zero-order valence-electron chi connectivity index (χ0n) is 17.9.